The van der Waals surface area contributed by atoms with Crippen LogP contribution >= 0.6 is 11.8 Å². The number of hydrogen-bond donors (Lipinski definition) is 1. The quantitative estimate of drug-likeness (QED) is 0.357. The van der Waals surface area contributed by atoms with Crippen molar-refractivity contribution in [2.24, 2.45) is 0 Å². The molecule has 150 valence electrons. The van der Waals surface area contributed by atoms with Crippen molar-refractivity contribution in [1.29, 1.82) is 0 Å². The summed E-state index contributed by atoms with van der Waals surface area (Å²) in [6.45, 7) is 6.15. The molecule has 3 rings (SSSR count). The van der Waals surface area contributed by atoms with Gasteiger partial charge in [0.15, 0.2) is 11.0 Å². The fourth-order valence-corrected chi connectivity index (χ4v) is 3.59. The van der Waals surface area contributed by atoms with E-state index < -0.39 is 10.2 Å². The molecular weight excluding hydrogens is 392 g/mol. The molecular formula is C19H20N6O3S. The molecule has 3 aromatic rings. The highest BCUT2D eigenvalue weighted by Gasteiger charge is 2.21. The van der Waals surface area contributed by atoms with Crippen molar-refractivity contribution in [3.8, 4) is 11.4 Å². The van der Waals surface area contributed by atoms with Crippen LogP contribution in [0.2, 0.25) is 0 Å². The predicted molar refractivity (Wildman–Crippen MR) is 111 cm³/mol. The van der Waals surface area contributed by atoms with Crippen molar-refractivity contribution in [2.45, 2.75) is 37.7 Å². The topological polar surface area (TPSA) is 116 Å². The van der Waals surface area contributed by atoms with Crippen LogP contribution < -0.4 is 5.32 Å². The highest BCUT2D eigenvalue weighted by atomic mass is 32.2. The van der Waals surface area contributed by atoms with Crippen LogP contribution in [0.5, 0.6) is 0 Å². The zero-order valence-corrected chi connectivity index (χ0v) is 17.0. The van der Waals surface area contributed by atoms with E-state index in [1.165, 1.54) is 23.9 Å². The van der Waals surface area contributed by atoms with Gasteiger partial charge < -0.3 is 9.88 Å². The first kappa shape index (κ1) is 20.5. The molecule has 0 saturated carbocycles. The van der Waals surface area contributed by atoms with E-state index in [2.05, 4.69) is 20.5 Å². The van der Waals surface area contributed by atoms with E-state index in [1.807, 2.05) is 23.6 Å². The molecule has 0 bridgehead atoms. The number of benzene rings is 1. The lowest BCUT2D eigenvalue weighted by molar-refractivity contribution is -0.384. The fourth-order valence-electron chi connectivity index (χ4n) is 2.67. The summed E-state index contributed by atoms with van der Waals surface area (Å²) in [5.74, 6) is 0.414. The first-order valence-electron chi connectivity index (χ1n) is 8.96. The second-order valence-electron chi connectivity index (χ2n) is 6.30. The fraction of sp³-hybridized carbons (Fsp3) is 0.263. The molecule has 0 aliphatic heterocycles. The molecule has 0 fully saturated rings. The summed E-state index contributed by atoms with van der Waals surface area (Å²) in [7, 11) is 0. The van der Waals surface area contributed by atoms with E-state index in [9.17, 15) is 14.9 Å². The molecule has 0 unspecified atom stereocenters. The minimum absolute atomic E-state index is 0.0713. The second kappa shape index (κ2) is 8.82. The Morgan fingerprint density at radius 2 is 2.14 bits per heavy atom. The predicted octanol–water partition coefficient (Wildman–Crippen LogP) is 3.70. The summed E-state index contributed by atoms with van der Waals surface area (Å²) in [6.07, 6.45) is 3.40. The molecule has 2 heterocycles. The number of nitro benzene ring substituents is 1. The van der Waals surface area contributed by atoms with Gasteiger partial charge in [-0.3, -0.25) is 19.9 Å². The van der Waals surface area contributed by atoms with Gasteiger partial charge in [0.05, 0.1) is 15.9 Å². The Hall–Kier alpha value is -3.27. The Balaban J connectivity index is 1.76. The number of amides is 1. The third kappa shape index (κ3) is 4.60. The number of nitrogens with zero attached hydrogens (tertiary/aromatic N) is 5. The smallest absolute Gasteiger partial charge is 0.271 e. The average molecular weight is 412 g/mol. The Morgan fingerprint density at radius 3 is 2.79 bits per heavy atom. The number of rotatable bonds is 7. The van der Waals surface area contributed by atoms with Gasteiger partial charge in [-0.15, -0.1) is 10.2 Å². The number of anilines is 1. The average Bonchev–Trinajstić information content (AvgIpc) is 3.12. The first-order chi connectivity index (χ1) is 13.9. The summed E-state index contributed by atoms with van der Waals surface area (Å²) >= 11 is 1.28. The SMILES string of the molecule is CCn1c(S[C@@H](C)C(=O)Nc2cc([N+](=O)[O-])ccc2C)nnc1-c1cccnc1. The number of non-ortho nitro benzene ring substituents is 1. The minimum Gasteiger partial charge on any atom is -0.325 e. The lowest BCUT2D eigenvalue weighted by Gasteiger charge is -2.14. The molecule has 0 radical (unpaired) electrons. The molecule has 0 spiro atoms. The Kier molecular flexibility index (Phi) is 6.23. The van der Waals surface area contributed by atoms with Gasteiger partial charge in [-0.2, -0.15) is 0 Å². The normalized spacial score (nSPS) is 11.8. The van der Waals surface area contributed by atoms with Crippen LogP contribution in [0.3, 0.4) is 0 Å². The monoisotopic (exact) mass is 412 g/mol. The number of nitrogens with one attached hydrogen (secondary N) is 1. The summed E-state index contributed by atoms with van der Waals surface area (Å²) in [4.78, 5) is 27.3. The molecule has 1 atom stereocenters. The lowest BCUT2D eigenvalue weighted by atomic mass is 10.2. The Bertz CT molecular complexity index is 1040. The molecule has 0 aliphatic rings. The molecule has 2 aromatic heterocycles. The molecule has 0 saturated heterocycles. The van der Waals surface area contributed by atoms with E-state index >= 15 is 0 Å². The minimum atomic E-state index is -0.489. The third-order valence-electron chi connectivity index (χ3n) is 4.29. The number of pyridine rings is 1. The number of carbonyl (C=O) groups is 1. The van der Waals surface area contributed by atoms with Crippen LogP contribution in [-0.4, -0.2) is 35.8 Å². The zero-order chi connectivity index (χ0) is 21.0. The van der Waals surface area contributed by atoms with Crippen molar-refractivity contribution in [1.82, 2.24) is 19.7 Å². The highest BCUT2D eigenvalue weighted by molar-refractivity contribution is 8.00. The van der Waals surface area contributed by atoms with Crippen LogP contribution in [-0.2, 0) is 11.3 Å². The van der Waals surface area contributed by atoms with Gasteiger partial charge in [-0.1, -0.05) is 17.8 Å². The standard InChI is InChI=1S/C19H20N6O3S/c1-4-24-17(14-6-5-9-20-11-14)22-23-19(24)29-13(3)18(26)21-16-10-15(25(27)28)8-7-12(16)2/h5-11,13H,4H2,1-3H3,(H,21,26)/t13-/m0/s1. The number of hydrogen-bond acceptors (Lipinski definition) is 7. The molecule has 1 amide bonds. The maximum Gasteiger partial charge on any atom is 0.271 e. The van der Waals surface area contributed by atoms with E-state index in [4.69, 9.17) is 0 Å². The van der Waals surface area contributed by atoms with Gasteiger partial charge in [0.25, 0.3) is 5.69 Å². The van der Waals surface area contributed by atoms with Gasteiger partial charge in [0.1, 0.15) is 0 Å². The van der Waals surface area contributed by atoms with Crippen molar-refractivity contribution in [2.75, 3.05) is 5.32 Å². The van der Waals surface area contributed by atoms with Gasteiger partial charge in [0, 0.05) is 36.6 Å². The third-order valence-corrected chi connectivity index (χ3v) is 5.37. The first-order valence-corrected chi connectivity index (χ1v) is 9.84. The molecule has 29 heavy (non-hydrogen) atoms. The summed E-state index contributed by atoms with van der Waals surface area (Å²) in [5, 5.41) is 22.4. The molecule has 1 N–H and O–H groups in total. The molecule has 9 nitrogen and oxygen atoms in total. The van der Waals surface area contributed by atoms with Crippen LogP contribution in [0.15, 0.2) is 47.9 Å². The van der Waals surface area contributed by atoms with Gasteiger partial charge >= 0.3 is 0 Å². The van der Waals surface area contributed by atoms with E-state index in [0.717, 1.165) is 11.1 Å². The lowest BCUT2D eigenvalue weighted by Crippen LogP contribution is -2.23. The van der Waals surface area contributed by atoms with Crippen LogP contribution in [0.25, 0.3) is 11.4 Å². The van der Waals surface area contributed by atoms with Crippen molar-refractivity contribution < 1.29 is 9.72 Å². The number of aromatic nitrogens is 4. The van der Waals surface area contributed by atoms with Crippen LogP contribution in [0, 0.1) is 17.0 Å². The summed E-state index contributed by atoms with van der Waals surface area (Å²) in [6, 6.07) is 8.11. The largest absolute Gasteiger partial charge is 0.325 e. The number of carbonyl (C=O) groups excluding carboxylic acids is 1. The maximum atomic E-state index is 12.7. The van der Waals surface area contributed by atoms with E-state index in [0.29, 0.717) is 23.2 Å². The Labute approximate surface area is 171 Å². The van der Waals surface area contributed by atoms with Crippen LogP contribution in [0.1, 0.15) is 19.4 Å². The van der Waals surface area contributed by atoms with Crippen molar-refractivity contribution in [3.63, 3.8) is 0 Å². The van der Waals surface area contributed by atoms with Crippen LogP contribution in [0.4, 0.5) is 11.4 Å². The Morgan fingerprint density at radius 1 is 1.34 bits per heavy atom. The highest BCUT2D eigenvalue weighted by Crippen LogP contribution is 2.28. The van der Waals surface area contributed by atoms with E-state index in [-0.39, 0.29) is 11.6 Å². The van der Waals surface area contributed by atoms with Crippen molar-refractivity contribution >= 4 is 29.0 Å². The summed E-state index contributed by atoms with van der Waals surface area (Å²) in [5.41, 5.74) is 1.94. The maximum absolute atomic E-state index is 12.7. The number of thioether (sulfide) groups is 1. The number of aryl methyl sites for hydroxylation is 1. The van der Waals surface area contributed by atoms with Gasteiger partial charge in [-0.05, 0) is 38.5 Å². The second-order valence-corrected chi connectivity index (χ2v) is 7.61. The van der Waals surface area contributed by atoms with E-state index in [1.54, 1.807) is 32.3 Å². The van der Waals surface area contributed by atoms with Crippen molar-refractivity contribution in [3.05, 3.63) is 58.4 Å². The summed E-state index contributed by atoms with van der Waals surface area (Å²) < 4.78 is 1.92. The molecule has 0 aliphatic carbocycles. The van der Waals surface area contributed by atoms with Gasteiger partial charge in [-0.25, -0.2) is 0 Å². The number of nitro groups is 1. The molecule has 1 aromatic carbocycles. The van der Waals surface area contributed by atoms with Gasteiger partial charge in [0.2, 0.25) is 5.91 Å². The zero-order valence-electron chi connectivity index (χ0n) is 16.2. The molecule has 10 heteroatoms.